The maximum Gasteiger partial charge on any atom is 0.305 e. The highest BCUT2D eigenvalue weighted by atomic mass is 16.5. The van der Waals surface area contributed by atoms with Crippen molar-refractivity contribution < 1.29 is 38.1 Å². The number of Topliss-reactive ketones (excluding diaryl/α,β-unsaturated/α-hetero) is 1. The van der Waals surface area contributed by atoms with Crippen molar-refractivity contribution in [1.82, 2.24) is 0 Å². The summed E-state index contributed by atoms with van der Waals surface area (Å²) in [6.45, 7) is 7.01. The predicted octanol–water partition coefficient (Wildman–Crippen LogP) is 7.03. The van der Waals surface area contributed by atoms with Crippen molar-refractivity contribution in [3.8, 4) is 17.2 Å². The van der Waals surface area contributed by atoms with E-state index in [0.717, 1.165) is 23.1 Å². The maximum absolute atomic E-state index is 13.5. The molecule has 0 radical (unpaired) electrons. The van der Waals surface area contributed by atoms with Crippen LogP contribution in [0.2, 0.25) is 0 Å². The van der Waals surface area contributed by atoms with Crippen LogP contribution in [0.1, 0.15) is 81.6 Å². The summed E-state index contributed by atoms with van der Waals surface area (Å²) < 4.78 is 29.1. The highest BCUT2D eigenvalue weighted by Crippen LogP contribution is 2.44. The molecule has 8 heteroatoms. The molecule has 4 rings (SSSR count). The Morgan fingerprint density at radius 1 is 0.837 bits per heavy atom. The van der Waals surface area contributed by atoms with Crippen LogP contribution in [0.5, 0.6) is 17.2 Å². The first-order valence-electron chi connectivity index (χ1n) is 15.3. The Labute approximate surface area is 253 Å². The van der Waals surface area contributed by atoms with Gasteiger partial charge in [0.2, 0.25) is 0 Å². The lowest BCUT2D eigenvalue weighted by Crippen LogP contribution is -2.43. The van der Waals surface area contributed by atoms with Crippen LogP contribution in [-0.4, -0.2) is 49.8 Å². The van der Waals surface area contributed by atoms with Gasteiger partial charge in [0.1, 0.15) is 22.8 Å². The zero-order valence-corrected chi connectivity index (χ0v) is 25.4. The molecule has 0 saturated carbocycles. The van der Waals surface area contributed by atoms with E-state index in [1.165, 1.54) is 5.39 Å². The Hall–Kier alpha value is -4.07. The molecule has 3 aromatic rings. The van der Waals surface area contributed by atoms with Crippen LogP contribution >= 0.6 is 0 Å². The molecule has 8 nitrogen and oxygen atoms in total. The van der Waals surface area contributed by atoms with Gasteiger partial charge in [-0.15, -0.1) is 0 Å². The first kappa shape index (κ1) is 31.9. The van der Waals surface area contributed by atoms with Gasteiger partial charge in [-0.25, -0.2) is 0 Å². The quantitative estimate of drug-likeness (QED) is 0.130. The van der Waals surface area contributed by atoms with Crippen molar-refractivity contribution in [3.05, 3.63) is 65.7 Å². The molecule has 0 fully saturated rings. The van der Waals surface area contributed by atoms with Gasteiger partial charge in [-0.2, -0.15) is 0 Å². The van der Waals surface area contributed by atoms with Crippen LogP contribution in [0.4, 0.5) is 0 Å². The number of hydrogen-bond acceptors (Lipinski definition) is 8. The molecule has 3 aromatic carbocycles. The van der Waals surface area contributed by atoms with Gasteiger partial charge in [0.05, 0.1) is 38.4 Å². The molecule has 0 aliphatic carbocycles. The Morgan fingerprint density at radius 2 is 1.51 bits per heavy atom. The molecule has 0 N–H and O–H groups in total. The molecular formula is C35H42O8. The van der Waals surface area contributed by atoms with E-state index in [0.29, 0.717) is 43.1 Å². The average Bonchev–Trinajstić information content (AvgIpc) is 3.00. The topological polar surface area (TPSA) is 97.4 Å². The smallest absolute Gasteiger partial charge is 0.305 e. The zero-order chi connectivity index (χ0) is 30.7. The van der Waals surface area contributed by atoms with E-state index in [2.05, 4.69) is 19.1 Å². The molecule has 43 heavy (non-hydrogen) atoms. The van der Waals surface area contributed by atoms with Crippen LogP contribution in [0.3, 0.4) is 0 Å². The van der Waals surface area contributed by atoms with Gasteiger partial charge < -0.3 is 23.7 Å². The van der Waals surface area contributed by atoms with Crippen molar-refractivity contribution in [2.45, 2.75) is 77.7 Å². The summed E-state index contributed by atoms with van der Waals surface area (Å²) in [6, 6.07) is 17.8. The zero-order valence-electron chi connectivity index (χ0n) is 25.4. The number of carbonyl (C=O) groups is 3. The van der Waals surface area contributed by atoms with Crippen molar-refractivity contribution in [2.24, 2.45) is 0 Å². The Morgan fingerprint density at radius 3 is 2.19 bits per heavy atom. The van der Waals surface area contributed by atoms with Crippen molar-refractivity contribution >= 4 is 28.5 Å². The second kappa shape index (κ2) is 15.4. The molecule has 1 aliphatic heterocycles. The number of benzene rings is 3. The fraction of sp³-hybridized carbons (Fsp3) is 0.457. The van der Waals surface area contributed by atoms with Gasteiger partial charge in [0, 0.05) is 24.8 Å². The number of carbonyl (C=O) groups excluding carboxylic acids is 3. The summed E-state index contributed by atoms with van der Waals surface area (Å²) in [6.07, 6.45) is 2.85. The summed E-state index contributed by atoms with van der Waals surface area (Å²) in [5.41, 5.74) is 0.289. The van der Waals surface area contributed by atoms with Crippen LogP contribution in [-0.2, 0) is 25.5 Å². The minimum Gasteiger partial charge on any atom is -0.493 e. The molecule has 0 atom stereocenters. The average molecular weight is 591 g/mol. The number of esters is 2. The first-order valence-corrected chi connectivity index (χ1v) is 15.3. The number of hydrogen-bond donors (Lipinski definition) is 0. The highest BCUT2D eigenvalue weighted by Gasteiger charge is 2.42. The van der Waals surface area contributed by atoms with E-state index in [1.807, 2.05) is 36.4 Å². The Bertz CT molecular complexity index is 1390. The predicted molar refractivity (Wildman–Crippen MR) is 164 cm³/mol. The summed E-state index contributed by atoms with van der Waals surface area (Å²) in [5.74, 6) is 1.14. The van der Waals surface area contributed by atoms with E-state index >= 15 is 0 Å². The first-order chi connectivity index (χ1) is 20.9. The molecule has 0 bridgehead atoms. The number of ether oxygens (including phenoxy) is 5. The Balaban J connectivity index is 1.47. The molecule has 0 aromatic heterocycles. The van der Waals surface area contributed by atoms with E-state index in [9.17, 15) is 14.4 Å². The minimum atomic E-state index is -1.03. The van der Waals surface area contributed by atoms with Crippen LogP contribution in [0.25, 0.3) is 10.8 Å². The summed E-state index contributed by atoms with van der Waals surface area (Å²) in [7, 11) is 0. The van der Waals surface area contributed by atoms with E-state index in [-0.39, 0.29) is 63.0 Å². The highest BCUT2D eigenvalue weighted by molar-refractivity contribution is 6.01. The third-order valence-corrected chi connectivity index (χ3v) is 7.54. The van der Waals surface area contributed by atoms with E-state index in [4.69, 9.17) is 23.7 Å². The molecule has 230 valence electrons. The van der Waals surface area contributed by atoms with Crippen LogP contribution in [0.15, 0.2) is 54.6 Å². The lowest BCUT2D eigenvalue weighted by Gasteiger charge is -2.39. The molecule has 0 saturated heterocycles. The molecule has 0 unspecified atom stereocenters. The Kier molecular flexibility index (Phi) is 11.4. The number of rotatable bonds is 16. The lowest BCUT2D eigenvalue weighted by atomic mass is 9.82. The summed E-state index contributed by atoms with van der Waals surface area (Å²) in [5, 5.41) is 2.30. The maximum atomic E-state index is 13.5. The van der Waals surface area contributed by atoms with E-state index in [1.54, 1.807) is 19.9 Å². The monoisotopic (exact) mass is 590 g/mol. The molecule has 0 spiro atoms. The van der Waals surface area contributed by atoms with Crippen molar-refractivity contribution in [1.29, 1.82) is 0 Å². The normalized spacial score (nSPS) is 13.6. The van der Waals surface area contributed by atoms with Crippen LogP contribution in [0, 0.1) is 0 Å². The molecule has 1 heterocycles. The van der Waals surface area contributed by atoms with Gasteiger partial charge in [-0.1, -0.05) is 43.7 Å². The van der Waals surface area contributed by atoms with Crippen molar-refractivity contribution in [3.63, 3.8) is 0 Å². The standard InChI is InChI=1S/C35H42O8/c1-4-10-29-31(42-22-9-21-41-27-14-13-25-11-7-8-12-26(25)23-27)16-15-28-30(36)24-35(43-34(28)29,19-17-32(37)39-5-2)20-18-33(38)40-6-3/h7-8,11-16,23H,4-6,9-10,17-22,24H2,1-3H3. The molecular weight excluding hydrogens is 548 g/mol. The lowest BCUT2D eigenvalue weighted by molar-refractivity contribution is -0.145. The van der Waals surface area contributed by atoms with Gasteiger partial charge in [0.15, 0.2) is 5.78 Å². The van der Waals surface area contributed by atoms with Gasteiger partial charge in [0.25, 0.3) is 0 Å². The van der Waals surface area contributed by atoms with Crippen molar-refractivity contribution in [2.75, 3.05) is 26.4 Å². The van der Waals surface area contributed by atoms with Crippen LogP contribution < -0.4 is 14.2 Å². The molecule has 1 aliphatic rings. The minimum absolute atomic E-state index is 0.0662. The third kappa shape index (κ3) is 8.49. The van der Waals surface area contributed by atoms with Gasteiger partial charge in [-0.05, 0) is 68.1 Å². The van der Waals surface area contributed by atoms with E-state index < -0.39 is 5.60 Å². The number of fused-ring (bicyclic) bond motifs is 2. The van der Waals surface area contributed by atoms with Gasteiger partial charge in [-0.3, -0.25) is 14.4 Å². The summed E-state index contributed by atoms with van der Waals surface area (Å²) in [4.78, 5) is 38.0. The molecule has 0 amide bonds. The second-order valence-electron chi connectivity index (χ2n) is 10.7. The third-order valence-electron chi connectivity index (χ3n) is 7.54. The second-order valence-corrected chi connectivity index (χ2v) is 10.7. The largest absolute Gasteiger partial charge is 0.493 e. The number of ketones is 1. The summed E-state index contributed by atoms with van der Waals surface area (Å²) >= 11 is 0. The fourth-order valence-corrected chi connectivity index (χ4v) is 5.43. The fourth-order valence-electron chi connectivity index (χ4n) is 5.43. The van der Waals surface area contributed by atoms with Gasteiger partial charge >= 0.3 is 11.9 Å². The SMILES string of the molecule is CCCc1c(OCCCOc2ccc3ccccc3c2)ccc2c1OC(CCC(=O)OCC)(CCC(=O)OCC)CC2=O.